The van der Waals surface area contributed by atoms with Gasteiger partial charge in [0, 0.05) is 12.5 Å². The van der Waals surface area contributed by atoms with Crippen molar-refractivity contribution in [2.45, 2.75) is 43.1 Å². The summed E-state index contributed by atoms with van der Waals surface area (Å²) in [5.74, 6) is -0.857. The van der Waals surface area contributed by atoms with Gasteiger partial charge in [-0.05, 0) is 31.4 Å². The summed E-state index contributed by atoms with van der Waals surface area (Å²) >= 11 is 0. The van der Waals surface area contributed by atoms with Crippen molar-refractivity contribution >= 4 is 12.1 Å². The minimum atomic E-state index is -1.36. The van der Waals surface area contributed by atoms with Crippen molar-refractivity contribution in [2.24, 2.45) is 5.92 Å². The standard InChI is InChI=1S/C18H21NO6/c20-14-7-6-12-13-10-24-17(22)19(13)9-8-18(12,23)15(14)25-16(21)11-4-2-1-3-5-11/h1-5,12-15,20,23H,6-10H2/t12-,13-,14-,15+,18-/m0/s1. The van der Waals surface area contributed by atoms with Gasteiger partial charge in [-0.2, -0.15) is 0 Å². The van der Waals surface area contributed by atoms with Crippen LogP contribution in [0, 0.1) is 5.92 Å². The molecule has 1 aromatic carbocycles. The maximum atomic E-state index is 12.4. The van der Waals surface area contributed by atoms with Crippen LogP contribution in [0.15, 0.2) is 30.3 Å². The van der Waals surface area contributed by atoms with Crippen LogP contribution in [-0.4, -0.2) is 64.2 Å². The third kappa shape index (κ3) is 2.58. The summed E-state index contributed by atoms with van der Waals surface area (Å²) in [6.45, 7) is 0.546. The molecule has 1 aliphatic carbocycles. The van der Waals surface area contributed by atoms with Gasteiger partial charge < -0.3 is 24.6 Å². The number of carbonyl (C=O) groups is 2. The van der Waals surface area contributed by atoms with E-state index < -0.39 is 23.8 Å². The first-order valence-corrected chi connectivity index (χ1v) is 8.60. The molecule has 0 bridgehead atoms. The summed E-state index contributed by atoms with van der Waals surface area (Å²) in [5, 5.41) is 21.7. The average Bonchev–Trinajstić information content (AvgIpc) is 2.99. The molecule has 4 rings (SSSR count). The number of piperidine rings is 1. The van der Waals surface area contributed by atoms with E-state index in [0.717, 1.165) is 0 Å². The molecule has 0 unspecified atom stereocenters. The van der Waals surface area contributed by atoms with Crippen LogP contribution in [0.25, 0.3) is 0 Å². The Kier molecular flexibility index (Phi) is 3.92. The van der Waals surface area contributed by atoms with Crippen molar-refractivity contribution in [1.82, 2.24) is 4.90 Å². The summed E-state index contributed by atoms with van der Waals surface area (Å²) in [4.78, 5) is 25.8. The van der Waals surface area contributed by atoms with E-state index in [1.807, 2.05) is 0 Å². The Hall–Kier alpha value is -2.12. The van der Waals surface area contributed by atoms with Crippen LogP contribution >= 0.6 is 0 Å². The lowest BCUT2D eigenvalue weighted by Gasteiger charge is -2.53. The van der Waals surface area contributed by atoms with Gasteiger partial charge in [0.2, 0.25) is 0 Å². The predicted octanol–water partition coefficient (Wildman–Crippen LogP) is 0.938. The molecule has 1 amide bonds. The molecule has 2 aliphatic heterocycles. The molecule has 25 heavy (non-hydrogen) atoms. The molecule has 1 saturated carbocycles. The first-order chi connectivity index (χ1) is 12.0. The number of aliphatic hydroxyl groups excluding tert-OH is 1. The largest absolute Gasteiger partial charge is 0.453 e. The number of rotatable bonds is 2. The molecule has 0 radical (unpaired) electrons. The normalized spacial score (nSPS) is 37.0. The quantitative estimate of drug-likeness (QED) is 0.773. The first-order valence-electron chi connectivity index (χ1n) is 8.60. The van der Waals surface area contributed by atoms with Crippen LogP contribution in [0.2, 0.25) is 0 Å². The lowest BCUT2D eigenvalue weighted by molar-refractivity contribution is -0.207. The van der Waals surface area contributed by atoms with E-state index in [4.69, 9.17) is 9.47 Å². The third-order valence-electron chi connectivity index (χ3n) is 5.73. The maximum absolute atomic E-state index is 12.4. The SMILES string of the molecule is O=C(O[C@@H]1[C@@H](O)CC[C@H]2[C@@H]3COC(=O)N3CC[C@@]12O)c1ccccc1. The fourth-order valence-electron chi connectivity index (χ4n) is 4.44. The number of ether oxygens (including phenoxy) is 2. The second-order valence-corrected chi connectivity index (χ2v) is 7.02. The van der Waals surface area contributed by atoms with E-state index in [2.05, 4.69) is 0 Å². The Morgan fingerprint density at radius 1 is 1.28 bits per heavy atom. The number of nitrogens with zero attached hydrogens (tertiary/aromatic N) is 1. The van der Waals surface area contributed by atoms with Crippen molar-refractivity contribution in [2.75, 3.05) is 13.2 Å². The van der Waals surface area contributed by atoms with Gasteiger partial charge in [0.15, 0.2) is 6.10 Å². The number of cyclic esters (lactones) is 1. The monoisotopic (exact) mass is 347 g/mol. The van der Waals surface area contributed by atoms with Crippen LogP contribution in [0.3, 0.4) is 0 Å². The highest BCUT2D eigenvalue weighted by Gasteiger charge is 2.60. The van der Waals surface area contributed by atoms with Crippen molar-refractivity contribution < 1.29 is 29.3 Å². The molecule has 7 heteroatoms. The number of hydrogen-bond acceptors (Lipinski definition) is 6. The molecule has 2 heterocycles. The zero-order valence-electron chi connectivity index (χ0n) is 13.7. The number of benzene rings is 1. The molecule has 0 spiro atoms. The van der Waals surface area contributed by atoms with E-state index in [0.29, 0.717) is 24.9 Å². The molecule has 7 nitrogen and oxygen atoms in total. The number of aliphatic hydroxyl groups is 2. The summed E-state index contributed by atoms with van der Waals surface area (Å²) in [5.41, 5.74) is -0.991. The van der Waals surface area contributed by atoms with Crippen molar-refractivity contribution in [1.29, 1.82) is 0 Å². The lowest BCUT2D eigenvalue weighted by atomic mass is 9.65. The minimum Gasteiger partial charge on any atom is -0.453 e. The Balaban J connectivity index is 1.59. The highest BCUT2D eigenvalue weighted by molar-refractivity contribution is 5.89. The Morgan fingerprint density at radius 2 is 2.04 bits per heavy atom. The highest BCUT2D eigenvalue weighted by Crippen LogP contribution is 2.46. The molecule has 134 valence electrons. The van der Waals surface area contributed by atoms with Gasteiger partial charge in [-0.25, -0.2) is 9.59 Å². The zero-order chi connectivity index (χ0) is 17.6. The van der Waals surface area contributed by atoms with E-state index in [-0.39, 0.29) is 31.1 Å². The fraction of sp³-hybridized carbons (Fsp3) is 0.556. The number of amides is 1. The second-order valence-electron chi connectivity index (χ2n) is 7.02. The fourth-order valence-corrected chi connectivity index (χ4v) is 4.44. The lowest BCUT2D eigenvalue weighted by Crippen LogP contribution is -2.67. The molecule has 2 N–H and O–H groups in total. The average molecular weight is 347 g/mol. The summed E-state index contributed by atoms with van der Waals surface area (Å²) in [6, 6.07) is 8.27. The van der Waals surface area contributed by atoms with E-state index >= 15 is 0 Å². The molecule has 0 aromatic heterocycles. The van der Waals surface area contributed by atoms with E-state index in [1.54, 1.807) is 35.2 Å². The first kappa shape index (κ1) is 16.4. The van der Waals surface area contributed by atoms with Crippen LogP contribution in [0.1, 0.15) is 29.6 Å². The van der Waals surface area contributed by atoms with Crippen LogP contribution in [0.4, 0.5) is 4.79 Å². The molecule has 5 atom stereocenters. The maximum Gasteiger partial charge on any atom is 0.410 e. The number of hydrogen-bond donors (Lipinski definition) is 2. The Labute approximate surface area is 145 Å². The third-order valence-corrected chi connectivity index (χ3v) is 5.73. The Bertz CT molecular complexity index is 679. The number of esters is 1. The van der Waals surface area contributed by atoms with Crippen molar-refractivity contribution in [3.8, 4) is 0 Å². The topological polar surface area (TPSA) is 96.3 Å². The van der Waals surface area contributed by atoms with E-state index in [9.17, 15) is 19.8 Å². The van der Waals surface area contributed by atoms with Gasteiger partial charge >= 0.3 is 12.1 Å². The molecular formula is C18H21NO6. The van der Waals surface area contributed by atoms with Crippen LogP contribution < -0.4 is 0 Å². The highest BCUT2D eigenvalue weighted by atomic mass is 16.6. The van der Waals surface area contributed by atoms with Gasteiger partial charge in [0.25, 0.3) is 0 Å². The molecule has 3 aliphatic rings. The van der Waals surface area contributed by atoms with Gasteiger partial charge in [-0.1, -0.05) is 18.2 Å². The molecular weight excluding hydrogens is 326 g/mol. The van der Waals surface area contributed by atoms with Crippen molar-refractivity contribution in [3.05, 3.63) is 35.9 Å². The summed E-state index contributed by atoms with van der Waals surface area (Å²) in [7, 11) is 0. The predicted molar refractivity (Wildman–Crippen MR) is 85.8 cm³/mol. The number of fused-ring (bicyclic) bond motifs is 3. The smallest absolute Gasteiger partial charge is 0.410 e. The van der Waals surface area contributed by atoms with Crippen LogP contribution in [-0.2, 0) is 9.47 Å². The number of carbonyl (C=O) groups excluding carboxylic acids is 2. The Morgan fingerprint density at radius 3 is 2.80 bits per heavy atom. The molecule has 3 fully saturated rings. The van der Waals surface area contributed by atoms with Gasteiger partial charge in [0.1, 0.15) is 12.2 Å². The molecule has 2 saturated heterocycles. The van der Waals surface area contributed by atoms with E-state index in [1.165, 1.54) is 0 Å². The van der Waals surface area contributed by atoms with Crippen LogP contribution in [0.5, 0.6) is 0 Å². The summed E-state index contributed by atoms with van der Waals surface area (Å²) in [6.07, 6.45) is -1.12. The van der Waals surface area contributed by atoms with Gasteiger partial charge in [-0.15, -0.1) is 0 Å². The van der Waals surface area contributed by atoms with Gasteiger partial charge in [0.05, 0.1) is 17.7 Å². The summed E-state index contributed by atoms with van der Waals surface area (Å²) < 4.78 is 10.7. The zero-order valence-corrected chi connectivity index (χ0v) is 13.7. The van der Waals surface area contributed by atoms with Gasteiger partial charge in [-0.3, -0.25) is 0 Å². The van der Waals surface area contributed by atoms with Crippen molar-refractivity contribution in [3.63, 3.8) is 0 Å². The second kappa shape index (κ2) is 6.00. The minimum absolute atomic E-state index is 0.223. The molecule has 1 aromatic rings.